The molecule has 0 aromatic carbocycles. The first-order valence-corrected chi connectivity index (χ1v) is 7.90. The van der Waals surface area contributed by atoms with Gasteiger partial charge in [0.1, 0.15) is 11.5 Å². The van der Waals surface area contributed by atoms with Crippen LogP contribution in [-0.4, -0.2) is 26.5 Å². The van der Waals surface area contributed by atoms with E-state index in [1.807, 2.05) is 0 Å². The zero-order chi connectivity index (χ0) is 14.4. The molecule has 2 aromatic rings. The Morgan fingerprint density at radius 1 is 1.15 bits per heavy atom. The van der Waals surface area contributed by atoms with Crippen molar-refractivity contribution >= 4 is 28.4 Å². The van der Waals surface area contributed by atoms with Crippen molar-refractivity contribution in [1.29, 1.82) is 0 Å². The maximum Gasteiger partial charge on any atom is 0.182 e. The van der Waals surface area contributed by atoms with Gasteiger partial charge >= 0.3 is 0 Å². The Bertz CT molecular complexity index is 559. The highest BCUT2D eigenvalue weighted by atomic mass is 127. The molecule has 0 fully saturated rings. The Balaban J connectivity index is 2.44. The fourth-order valence-electron chi connectivity index (χ4n) is 1.79. The number of halogens is 1. The van der Waals surface area contributed by atoms with Gasteiger partial charge in [-0.05, 0) is 35.4 Å². The van der Waals surface area contributed by atoms with E-state index in [1.54, 1.807) is 18.6 Å². The summed E-state index contributed by atoms with van der Waals surface area (Å²) in [4.78, 5) is 17.6. The summed E-state index contributed by atoms with van der Waals surface area (Å²) >= 11 is 2.32. The third-order valence-corrected chi connectivity index (χ3v) is 3.87. The highest BCUT2D eigenvalue weighted by molar-refractivity contribution is 14.1. The number of hydrogen-bond acceptors (Lipinski definition) is 5. The lowest BCUT2D eigenvalue weighted by atomic mass is 10.2. The lowest BCUT2D eigenvalue weighted by Gasteiger charge is -2.12. The lowest BCUT2D eigenvalue weighted by molar-refractivity contribution is 0.862. The molecule has 0 aliphatic rings. The van der Waals surface area contributed by atoms with Gasteiger partial charge in [-0.15, -0.1) is 0 Å². The van der Waals surface area contributed by atoms with Crippen molar-refractivity contribution in [1.82, 2.24) is 19.9 Å². The van der Waals surface area contributed by atoms with Crippen molar-refractivity contribution in [2.45, 2.75) is 33.1 Å². The highest BCUT2D eigenvalue weighted by Crippen LogP contribution is 2.23. The molecule has 2 heterocycles. The number of anilines is 1. The molecule has 0 atom stereocenters. The van der Waals surface area contributed by atoms with Gasteiger partial charge in [-0.1, -0.05) is 20.3 Å². The minimum absolute atomic E-state index is 0.639. The molecule has 0 spiro atoms. The van der Waals surface area contributed by atoms with Gasteiger partial charge in [0.15, 0.2) is 5.82 Å². The second-order valence-electron chi connectivity index (χ2n) is 4.42. The van der Waals surface area contributed by atoms with Crippen LogP contribution in [0.15, 0.2) is 18.6 Å². The largest absolute Gasteiger partial charge is 0.369 e. The number of nitrogens with zero attached hydrogens (tertiary/aromatic N) is 4. The minimum atomic E-state index is 0.639. The fraction of sp³-hybridized carbons (Fsp3) is 0.429. The molecule has 20 heavy (non-hydrogen) atoms. The van der Waals surface area contributed by atoms with Crippen LogP contribution < -0.4 is 5.32 Å². The van der Waals surface area contributed by atoms with Crippen LogP contribution in [0.1, 0.15) is 32.4 Å². The van der Waals surface area contributed by atoms with E-state index in [1.165, 1.54) is 0 Å². The van der Waals surface area contributed by atoms with Crippen LogP contribution in [0.3, 0.4) is 0 Å². The van der Waals surface area contributed by atoms with Crippen molar-refractivity contribution in [3.05, 3.63) is 27.9 Å². The minimum Gasteiger partial charge on any atom is -0.369 e. The summed E-state index contributed by atoms with van der Waals surface area (Å²) in [6.45, 7) is 5.19. The number of rotatable bonds is 6. The quantitative estimate of drug-likeness (QED) is 0.776. The second-order valence-corrected chi connectivity index (χ2v) is 5.50. The van der Waals surface area contributed by atoms with E-state index in [-0.39, 0.29) is 0 Å². The van der Waals surface area contributed by atoms with Crippen LogP contribution in [-0.2, 0) is 6.42 Å². The molecule has 0 bridgehead atoms. The normalized spacial score (nSPS) is 10.6. The standard InChI is InChI=1S/C14H18IN5/c1-3-5-10-12(15)14(18-6-4-2)20-13(19-10)11-9-16-7-8-17-11/h7-9H,3-6H2,1-2H3,(H,18,19,20). The van der Waals surface area contributed by atoms with Gasteiger partial charge in [0.25, 0.3) is 0 Å². The van der Waals surface area contributed by atoms with Gasteiger partial charge < -0.3 is 5.32 Å². The molecule has 106 valence electrons. The van der Waals surface area contributed by atoms with Crippen LogP contribution in [0.2, 0.25) is 0 Å². The summed E-state index contributed by atoms with van der Waals surface area (Å²) in [5.41, 5.74) is 1.78. The first-order chi connectivity index (χ1) is 9.76. The highest BCUT2D eigenvalue weighted by Gasteiger charge is 2.13. The molecule has 0 unspecified atom stereocenters. The van der Waals surface area contributed by atoms with Crippen molar-refractivity contribution in [2.24, 2.45) is 0 Å². The molecule has 0 amide bonds. The van der Waals surface area contributed by atoms with E-state index in [0.29, 0.717) is 11.5 Å². The summed E-state index contributed by atoms with van der Waals surface area (Å²) in [5.74, 6) is 1.53. The Hall–Kier alpha value is -1.31. The smallest absolute Gasteiger partial charge is 0.182 e. The van der Waals surface area contributed by atoms with E-state index in [4.69, 9.17) is 0 Å². The van der Waals surface area contributed by atoms with Crippen molar-refractivity contribution in [2.75, 3.05) is 11.9 Å². The fourth-order valence-corrected chi connectivity index (χ4v) is 2.49. The van der Waals surface area contributed by atoms with Crippen LogP contribution in [0.4, 0.5) is 5.82 Å². The Morgan fingerprint density at radius 3 is 2.65 bits per heavy atom. The molecule has 0 aliphatic heterocycles. The van der Waals surface area contributed by atoms with E-state index < -0.39 is 0 Å². The maximum atomic E-state index is 4.64. The predicted molar refractivity (Wildman–Crippen MR) is 88.6 cm³/mol. The van der Waals surface area contributed by atoms with E-state index in [0.717, 1.165) is 40.9 Å². The van der Waals surface area contributed by atoms with Crippen LogP contribution in [0, 0.1) is 3.57 Å². The molecule has 2 rings (SSSR count). The molecule has 2 aromatic heterocycles. The summed E-state index contributed by atoms with van der Waals surface area (Å²) in [5, 5.41) is 3.36. The first-order valence-electron chi connectivity index (χ1n) is 6.82. The predicted octanol–water partition coefficient (Wildman–Crippen LogP) is 3.31. The van der Waals surface area contributed by atoms with Gasteiger partial charge in [0.2, 0.25) is 0 Å². The summed E-state index contributed by atoms with van der Waals surface area (Å²) in [7, 11) is 0. The summed E-state index contributed by atoms with van der Waals surface area (Å²) < 4.78 is 1.10. The van der Waals surface area contributed by atoms with Gasteiger partial charge in [-0.3, -0.25) is 4.98 Å². The third-order valence-electron chi connectivity index (χ3n) is 2.74. The summed E-state index contributed by atoms with van der Waals surface area (Å²) in [6, 6.07) is 0. The first kappa shape index (κ1) is 15.1. The monoisotopic (exact) mass is 383 g/mol. The van der Waals surface area contributed by atoms with Gasteiger partial charge in [0, 0.05) is 18.9 Å². The number of aromatic nitrogens is 4. The van der Waals surface area contributed by atoms with Crippen molar-refractivity contribution < 1.29 is 0 Å². The Labute approximate surface area is 132 Å². The Morgan fingerprint density at radius 2 is 2.00 bits per heavy atom. The maximum absolute atomic E-state index is 4.64. The molecule has 0 saturated heterocycles. The molecule has 1 N–H and O–H groups in total. The molecular weight excluding hydrogens is 365 g/mol. The van der Waals surface area contributed by atoms with Crippen LogP contribution in [0.5, 0.6) is 0 Å². The van der Waals surface area contributed by atoms with E-state index in [2.05, 4.69) is 61.7 Å². The lowest BCUT2D eigenvalue weighted by Crippen LogP contribution is -2.09. The molecule has 0 aliphatic carbocycles. The van der Waals surface area contributed by atoms with E-state index in [9.17, 15) is 0 Å². The van der Waals surface area contributed by atoms with Gasteiger partial charge in [-0.25, -0.2) is 15.0 Å². The molecule has 5 nitrogen and oxygen atoms in total. The van der Waals surface area contributed by atoms with Gasteiger partial charge in [-0.2, -0.15) is 0 Å². The third kappa shape index (κ3) is 3.62. The average Bonchev–Trinajstić information content (AvgIpc) is 2.49. The zero-order valence-corrected chi connectivity index (χ0v) is 13.9. The SMILES string of the molecule is CCCNc1nc(-c2cnccn2)nc(CCC)c1I. The molecule has 0 saturated carbocycles. The number of nitrogens with one attached hydrogen (secondary N) is 1. The number of aryl methyl sites for hydroxylation is 1. The molecule has 6 heteroatoms. The average molecular weight is 383 g/mol. The molecule has 0 radical (unpaired) electrons. The molecular formula is C14H18IN5. The Kier molecular flexibility index (Phi) is 5.63. The van der Waals surface area contributed by atoms with Crippen molar-refractivity contribution in [3.8, 4) is 11.5 Å². The second kappa shape index (κ2) is 7.47. The van der Waals surface area contributed by atoms with Crippen LogP contribution in [0.25, 0.3) is 11.5 Å². The van der Waals surface area contributed by atoms with Crippen molar-refractivity contribution in [3.63, 3.8) is 0 Å². The van der Waals surface area contributed by atoms with Crippen LogP contribution >= 0.6 is 22.6 Å². The topological polar surface area (TPSA) is 63.6 Å². The number of hydrogen-bond donors (Lipinski definition) is 1. The summed E-state index contributed by atoms with van der Waals surface area (Å²) in [6.07, 6.45) is 8.06. The zero-order valence-electron chi connectivity index (χ0n) is 11.7. The van der Waals surface area contributed by atoms with E-state index >= 15 is 0 Å². The van der Waals surface area contributed by atoms with Gasteiger partial charge in [0.05, 0.1) is 15.5 Å².